The fourth-order valence-electron chi connectivity index (χ4n) is 3.46. The number of halogens is 1. The Hall–Kier alpha value is -0.570. The monoisotopic (exact) mass is 278 g/mol. The summed E-state index contributed by atoms with van der Waals surface area (Å²) in [5, 5.41) is 0.890. The van der Waals surface area contributed by atoms with Crippen LogP contribution in [0.15, 0.2) is 18.2 Å². The van der Waals surface area contributed by atoms with Gasteiger partial charge < -0.3 is 5.73 Å². The van der Waals surface area contributed by atoms with Gasteiger partial charge in [-0.2, -0.15) is 0 Å². The predicted octanol–water partition coefficient (Wildman–Crippen LogP) is 3.66. The highest BCUT2D eigenvalue weighted by Crippen LogP contribution is 2.37. The zero-order valence-corrected chi connectivity index (χ0v) is 12.3. The minimum Gasteiger partial charge on any atom is -0.321 e. The molecule has 0 aromatic heterocycles. The first-order chi connectivity index (χ1) is 9.17. The Morgan fingerprint density at radius 3 is 2.42 bits per heavy atom. The number of hydrogen-bond acceptors (Lipinski definition) is 2. The quantitative estimate of drug-likeness (QED) is 0.914. The third-order valence-corrected chi connectivity index (χ3v) is 5.07. The van der Waals surface area contributed by atoms with E-state index in [0.29, 0.717) is 0 Å². The van der Waals surface area contributed by atoms with Crippen LogP contribution in [0, 0.1) is 0 Å². The van der Waals surface area contributed by atoms with Gasteiger partial charge in [0.25, 0.3) is 0 Å². The Morgan fingerprint density at radius 2 is 1.79 bits per heavy atom. The molecule has 1 aromatic carbocycles. The van der Waals surface area contributed by atoms with Gasteiger partial charge in [0.05, 0.1) is 0 Å². The van der Waals surface area contributed by atoms with Crippen molar-refractivity contribution in [2.75, 3.05) is 13.1 Å². The highest BCUT2D eigenvalue weighted by molar-refractivity contribution is 6.31. The van der Waals surface area contributed by atoms with Crippen LogP contribution >= 0.6 is 11.6 Å². The van der Waals surface area contributed by atoms with Crippen LogP contribution in [-0.4, -0.2) is 18.0 Å². The van der Waals surface area contributed by atoms with Crippen molar-refractivity contribution in [1.82, 2.24) is 4.90 Å². The molecule has 3 rings (SSSR count). The minimum absolute atomic E-state index is 0.129. The predicted molar refractivity (Wildman–Crippen MR) is 80.3 cm³/mol. The van der Waals surface area contributed by atoms with Gasteiger partial charge in [0.15, 0.2) is 0 Å². The Bertz CT molecular complexity index is 446. The molecule has 1 heterocycles. The van der Waals surface area contributed by atoms with Gasteiger partial charge in [0.2, 0.25) is 0 Å². The van der Waals surface area contributed by atoms with Crippen LogP contribution in [0.1, 0.15) is 49.7 Å². The molecule has 19 heavy (non-hydrogen) atoms. The molecule has 0 spiro atoms. The summed E-state index contributed by atoms with van der Waals surface area (Å²) in [5.41, 5.74) is 8.83. The van der Waals surface area contributed by atoms with Gasteiger partial charge in [-0.3, -0.25) is 4.90 Å². The van der Waals surface area contributed by atoms with Gasteiger partial charge in [-0.15, -0.1) is 0 Å². The second-order valence-electron chi connectivity index (χ2n) is 6.15. The first-order valence-corrected chi connectivity index (χ1v) is 7.85. The van der Waals surface area contributed by atoms with Crippen LogP contribution in [-0.2, 0) is 12.1 Å². The summed E-state index contributed by atoms with van der Waals surface area (Å²) in [6.07, 6.45) is 7.31. The van der Waals surface area contributed by atoms with Crippen molar-refractivity contribution in [2.24, 2.45) is 5.73 Å². The molecule has 1 aliphatic carbocycles. The molecule has 1 aliphatic heterocycles. The van der Waals surface area contributed by atoms with E-state index in [1.165, 1.54) is 49.9 Å². The van der Waals surface area contributed by atoms with Gasteiger partial charge in [-0.25, -0.2) is 0 Å². The summed E-state index contributed by atoms with van der Waals surface area (Å²) >= 11 is 6.47. The summed E-state index contributed by atoms with van der Waals surface area (Å²) in [7, 11) is 0. The van der Waals surface area contributed by atoms with E-state index in [4.69, 9.17) is 17.3 Å². The van der Waals surface area contributed by atoms with Crippen LogP contribution in [0.2, 0.25) is 5.02 Å². The standard InChI is InChI=1S/C16H23ClN2/c17-15-11-14(16(18)7-1-2-8-16)6-5-13(15)12-19-9-3-4-10-19/h5-6,11H,1-4,7-10,12,18H2. The first kappa shape index (κ1) is 13.4. The maximum absolute atomic E-state index is 6.49. The third kappa shape index (κ3) is 2.81. The van der Waals surface area contributed by atoms with E-state index >= 15 is 0 Å². The van der Waals surface area contributed by atoms with Gasteiger partial charge in [-0.1, -0.05) is 36.6 Å². The van der Waals surface area contributed by atoms with Gasteiger partial charge >= 0.3 is 0 Å². The van der Waals surface area contributed by atoms with E-state index in [2.05, 4.69) is 23.1 Å². The molecule has 0 bridgehead atoms. The Balaban J connectivity index is 1.77. The van der Waals surface area contributed by atoms with Crippen LogP contribution < -0.4 is 5.73 Å². The van der Waals surface area contributed by atoms with E-state index in [1.807, 2.05) is 0 Å². The van der Waals surface area contributed by atoms with Gasteiger partial charge in [0.1, 0.15) is 0 Å². The van der Waals surface area contributed by atoms with Gasteiger partial charge in [-0.05, 0) is 56.0 Å². The number of benzene rings is 1. The van der Waals surface area contributed by atoms with Gasteiger partial charge in [0, 0.05) is 17.1 Å². The highest BCUT2D eigenvalue weighted by Gasteiger charge is 2.31. The summed E-state index contributed by atoms with van der Waals surface area (Å²) in [5.74, 6) is 0. The first-order valence-electron chi connectivity index (χ1n) is 7.48. The number of rotatable bonds is 3. The van der Waals surface area contributed by atoms with E-state index in [0.717, 1.165) is 24.4 Å². The molecule has 2 aliphatic rings. The molecule has 104 valence electrons. The highest BCUT2D eigenvalue weighted by atomic mass is 35.5. The van der Waals surface area contributed by atoms with Crippen molar-refractivity contribution in [2.45, 2.75) is 50.6 Å². The molecule has 1 aromatic rings. The minimum atomic E-state index is -0.129. The number of likely N-dealkylation sites (tertiary alicyclic amines) is 1. The Kier molecular flexibility index (Phi) is 3.84. The molecule has 2 nitrogen and oxygen atoms in total. The average molecular weight is 279 g/mol. The SMILES string of the molecule is NC1(c2ccc(CN3CCCC3)c(Cl)c2)CCCC1. The average Bonchev–Trinajstić information content (AvgIpc) is 3.04. The second kappa shape index (κ2) is 5.43. The molecule has 2 fully saturated rings. The topological polar surface area (TPSA) is 29.3 Å². The zero-order chi connectivity index (χ0) is 13.3. The molecule has 0 unspecified atom stereocenters. The molecule has 0 amide bonds. The van der Waals surface area contributed by atoms with Crippen molar-refractivity contribution in [3.63, 3.8) is 0 Å². The molecule has 2 N–H and O–H groups in total. The Labute approximate surface area is 120 Å². The molecule has 0 atom stereocenters. The van der Waals surface area contributed by atoms with Crippen LogP contribution in [0.4, 0.5) is 0 Å². The molecule has 1 saturated carbocycles. The third-order valence-electron chi connectivity index (χ3n) is 4.72. The normalized spacial score (nSPS) is 23.1. The number of nitrogens with two attached hydrogens (primary N) is 1. The number of nitrogens with zero attached hydrogens (tertiary/aromatic N) is 1. The lowest BCUT2D eigenvalue weighted by atomic mass is 9.89. The fraction of sp³-hybridized carbons (Fsp3) is 0.625. The van der Waals surface area contributed by atoms with Crippen molar-refractivity contribution in [1.29, 1.82) is 0 Å². The molecular formula is C16H23ClN2. The van der Waals surface area contributed by atoms with E-state index in [9.17, 15) is 0 Å². The summed E-state index contributed by atoms with van der Waals surface area (Å²) < 4.78 is 0. The fourth-order valence-corrected chi connectivity index (χ4v) is 3.70. The smallest absolute Gasteiger partial charge is 0.0454 e. The lowest BCUT2D eigenvalue weighted by molar-refractivity contribution is 0.331. The maximum Gasteiger partial charge on any atom is 0.0454 e. The lowest BCUT2D eigenvalue weighted by Gasteiger charge is -2.25. The lowest BCUT2D eigenvalue weighted by Crippen LogP contribution is -2.33. The molecule has 0 radical (unpaired) electrons. The molecule has 3 heteroatoms. The van der Waals surface area contributed by atoms with Crippen LogP contribution in [0.5, 0.6) is 0 Å². The summed E-state index contributed by atoms with van der Waals surface area (Å²) in [6, 6.07) is 6.49. The van der Waals surface area contributed by atoms with Crippen LogP contribution in [0.3, 0.4) is 0 Å². The second-order valence-corrected chi connectivity index (χ2v) is 6.56. The molecular weight excluding hydrogens is 256 g/mol. The Morgan fingerprint density at radius 1 is 1.11 bits per heavy atom. The largest absolute Gasteiger partial charge is 0.321 e. The molecule has 1 saturated heterocycles. The van der Waals surface area contributed by atoms with Crippen molar-refractivity contribution < 1.29 is 0 Å². The van der Waals surface area contributed by atoms with Crippen molar-refractivity contribution >= 4 is 11.6 Å². The summed E-state index contributed by atoms with van der Waals surface area (Å²) in [4.78, 5) is 2.48. The van der Waals surface area contributed by atoms with E-state index < -0.39 is 0 Å². The van der Waals surface area contributed by atoms with Crippen molar-refractivity contribution in [3.8, 4) is 0 Å². The van der Waals surface area contributed by atoms with E-state index in [-0.39, 0.29) is 5.54 Å². The van der Waals surface area contributed by atoms with Crippen molar-refractivity contribution in [3.05, 3.63) is 34.3 Å². The summed E-state index contributed by atoms with van der Waals surface area (Å²) in [6.45, 7) is 3.40. The van der Waals surface area contributed by atoms with E-state index in [1.54, 1.807) is 0 Å². The maximum atomic E-state index is 6.49. The zero-order valence-electron chi connectivity index (χ0n) is 11.5. The van der Waals surface area contributed by atoms with Crippen LogP contribution in [0.25, 0.3) is 0 Å². The number of hydrogen-bond donors (Lipinski definition) is 1.